The van der Waals surface area contributed by atoms with Crippen molar-refractivity contribution in [2.75, 3.05) is 27.9 Å². The first kappa shape index (κ1) is 21.6. The molecule has 9 nitrogen and oxygen atoms in total. The number of amides is 1. The van der Waals surface area contributed by atoms with Crippen LogP contribution in [0.15, 0.2) is 47.0 Å². The zero-order chi connectivity index (χ0) is 23.8. The Labute approximate surface area is 195 Å². The Morgan fingerprint density at radius 2 is 1.91 bits per heavy atom. The minimum absolute atomic E-state index is 0.207. The van der Waals surface area contributed by atoms with Crippen LogP contribution in [0.3, 0.4) is 0 Å². The van der Waals surface area contributed by atoms with E-state index in [2.05, 4.69) is 10.1 Å². The van der Waals surface area contributed by atoms with E-state index in [4.69, 9.17) is 18.7 Å². The lowest BCUT2D eigenvalue weighted by molar-refractivity contribution is 0.0600. The van der Waals surface area contributed by atoms with Gasteiger partial charge in [-0.2, -0.15) is 0 Å². The van der Waals surface area contributed by atoms with E-state index in [1.165, 1.54) is 7.11 Å². The predicted octanol–water partition coefficient (Wildman–Crippen LogP) is 3.83. The Kier molecular flexibility index (Phi) is 5.45. The molecular formula is C25H23N3O6. The number of hydrogen-bond donors (Lipinski definition) is 1. The lowest BCUT2D eigenvalue weighted by Crippen LogP contribution is -2.36. The third-order valence-corrected chi connectivity index (χ3v) is 6.08. The summed E-state index contributed by atoms with van der Waals surface area (Å²) < 4.78 is 21.0. The fourth-order valence-corrected chi connectivity index (χ4v) is 4.30. The van der Waals surface area contributed by atoms with E-state index in [1.54, 1.807) is 55.5 Å². The lowest BCUT2D eigenvalue weighted by Gasteiger charge is -2.26. The molecule has 9 heteroatoms. The number of carbonyl (C=O) groups excluding carboxylic acids is 2. The predicted molar refractivity (Wildman–Crippen MR) is 123 cm³/mol. The van der Waals surface area contributed by atoms with Crippen LogP contribution in [0.2, 0.25) is 0 Å². The number of benzene rings is 2. The number of carbonyl (C=O) groups is 2. The number of aromatic amines is 1. The molecular weight excluding hydrogens is 438 g/mol. The van der Waals surface area contributed by atoms with Crippen LogP contribution in [0.5, 0.6) is 11.5 Å². The van der Waals surface area contributed by atoms with Gasteiger partial charge in [0.05, 0.1) is 32.5 Å². The summed E-state index contributed by atoms with van der Waals surface area (Å²) in [5, 5.41) is 4.92. The van der Waals surface area contributed by atoms with Crippen molar-refractivity contribution < 1.29 is 28.3 Å². The van der Waals surface area contributed by atoms with Crippen LogP contribution in [-0.4, -0.2) is 54.8 Å². The molecule has 174 valence electrons. The van der Waals surface area contributed by atoms with Gasteiger partial charge in [0.25, 0.3) is 5.91 Å². The topological polar surface area (TPSA) is 107 Å². The maximum absolute atomic E-state index is 13.3. The quantitative estimate of drug-likeness (QED) is 0.450. The first-order valence-corrected chi connectivity index (χ1v) is 10.7. The third-order valence-electron chi connectivity index (χ3n) is 6.08. The summed E-state index contributed by atoms with van der Waals surface area (Å²) in [6.07, 6.45) is 0.664. The molecule has 1 aliphatic rings. The van der Waals surface area contributed by atoms with Crippen LogP contribution < -0.4 is 9.47 Å². The summed E-state index contributed by atoms with van der Waals surface area (Å²) in [5.74, 6) is 0.990. The maximum Gasteiger partial charge on any atom is 0.337 e. The number of nitrogens with one attached hydrogen (secondary N) is 1. The summed E-state index contributed by atoms with van der Waals surface area (Å²) in [7, 11) is 4.49. The minimum Gasteiger partial charge on any atom is -0.497 e. The average molecular weight is 461 g/mol. The molecule has 1 aliphatic heterocycles. The number of H-pyrrole nitrogens is 1. The Hall–Kier alpha value is -4.27. The molecule has 0 spiro atoms. The number of methoxy groups -OCH3 is 3. The van der Waals surface area contributed by atoms with Crippen molar-refractivity contribution in [3.8, 4) is 22.8 Å². The van der Waals surface area contributed by atoms with Crippen molar-refractivity contribution in [1.82, 2.24) is 15.0 Å². The van der Waals surface area contributed by atoms with Crippen molar-refractivity contribution in [2.24, 2.45) is 0 Å². The van der Waals surface area contributed by atoms with Crippen molar-refractivity contribution in [3.63, 3.8) is 0 Å². The molecule has 0 unspecified atom stereocenters. The van der Waals surface area contributed by atoms with Gasteiger partial charge in [-0.05, 0) is 36.4 Å². The fourth-order valence-electron chi connectivity index (χ4n) is 4.30. The van der Waals surface area contributed by atoms with Gasteiger partial charge in [0.15, 0.2) is 11.5 Å². The van der Waals surface area contributed by atoms with Gasteiger partial charge in [-0.25, -0.2) is 4.79 Å². The largest absolute Gasteiger partial charge is 0.497 e. The number of rotatable bonds is 5. The van der Waals surface area contributed by atoms with Crippen LogP contribution in [0, 0.1) is 0 Å². The van der Waals surface area contributed by atoms with E-state index in [-0.39, 0.29) is 11.6 Å². The molecule has 0 saturated heterocycles. The smallest absolute Gasteiger partial charge is 0.337 e. The van der Waals surface area contributed by atoms with Crippen LogP contribution >= 0.6 is 0 Å². The Morgan fingerprint density at radius 1 is 1.06 bits per heavy atom. The molecule has 3 heterocycles. The lowest BCUT2D eigenvalue weighted by atomic mass is 10.0. The van der Waals surface area contributed by atoms with E-state index in [0.29, 0.717) is 47.9 Å². The fraction of sp³-hybridized carbons (Fsp3) is 0.240. The van der Waals surface area contributed by atoms with Crippen molar-refractivity contribution in [1.29, 1.82) is 0 Å². The van der Waals surface area contributed by atoms with Crippen molar-refractivity contribution >= 4 is 22.8 Å². The van der Waals surface area contributed by atoms with Gasteiger partial charge in [-0.1, -0.05) is 5.16 Å². The van der Waals surface area contributed by atoms with E-state index in [9.17, 15) is 9.59 Å². The number of nitrogens with zero attached hydrogens (tertiary/aromatic N) is 2. The first-order chi connectivity index (χ1) is 16.5. The summed E-state index contributed by atoms with van der Waals surface area (Å²) in [6.45, 7) is 0.927. The highest BCUT2D eigenvalue weighted by molar-refractivity contribution is 5.97. The normalized spacial score (nSPS) is 13.0. The second-order valence-corrected chi connectivity index (χ2v) is 7.95. The number of aromatic nitrogens is 2. The molecule has 4 aromatic rings. The van der Waals surface area contributed by atoms with Crippen LogP contribution in [-0.2, 0) is 17.7 Å². The Morgan fingerprint density at radius 3 is 2.68 bits per heavy atom. The molecule has 0 fully saturated rings. The van der Waals surface area contributed by atoms with E-state index in [1.807, 2.05) is 6.07 Å². The Balaban J connectivity index is 1.43. The highest BCUT2D eigenvalue weighted by Crippen LogP contribution is 2.34. The van der Waals surface area contributed by atoms with Crippen molar-refractivity contribution in [2.45, 2.75) is 13.0 Å². The van der Waals surface area contributed by atoms with E-state index >= 15 is 0 Å². The summed E-state index contributed by atoms with van der Waals surface area (Å²) in [6, 6.07) is 12.3. The van der Waals surface area contributed by atoms with Gasteiger partial charge in [0.1, 0.15) is 11.5 Å². The molecule has 0 saturated carbocycles. The molecule has 2 aromatic carbocycles. The standard InChI is InChI=1S/C25H23N3O6/c1-31-15-5-7-22(32-2)17(11-15)23-12-21(27-34-23)24(29)28-9-8-20-18(13-28)16-10-14(25(30)33-3)4-6-19(16)26-20/h4-7,10-12,26H,8-9,13H2,1-3H3. The molecule has 2 aromatic heterocycles. The van der Waals surface area contributed by atoms with E-state index < -0.39 is 5.97 Å². The number of esters is 1. The second kappa shape index (κ2) is 8.58. The Bertz CT molecular complexity index is 1400. The zero-order valence-electron chi connectivity index (χ0n) is 19.0. The van der Waals surface area contributed by atoms with Gasteiger partial charge >= 0.3 is 5.97 Å². The summed E-state index contributed by atoms with van der Waals surface area (Å²) >= 11 is 0. The molecule has 0 bridgehead atoms. The molecule has 0 radical (unpaired) electrons. The molecule has 1 N–H and O–H groups in total. The minimum atomic E-state index is -0.399. The van der Waals surface area contributed by atoms with Gasteiger partial charge in [0.2, 0.25) is 0 Å². The maximum atomic E-state index is 13.3. The molecule has 0 aliphatic carbocycles. The van der Waals surface area contributed by atoms with Crippen LogP contribution in [0.4, 0.5) is 0 Å². The number of fused-ring (bicyclic) bond motifs is 3. The molecule has 0 atom stereocenters. The second-order valence-electron chi connectivity index (χ2n) is 7.95. The van der Waals surface area contributed by atoms with E-state index in [0.717, 1.165) is 22.2 Å². The monoisotopic (exact) mass is 461 g/mol. The highest BCUT2D eigenvalue weighted by Gasteiger charge is 2.28. The zero-order valence-corrected chi connectivity index (χ0v) is 19.0. The van der Waals surface area contributed by atoms with Gasteiger partial charge in [-0.15, -0.1) is 0 Å². The molecule has 1 amide bonds. The van der Waals surface area contributed by atoms with Crippen molar-refractivity contribution in [3.05, 3.63) is 65.0 Å². The number of ether oxygens (including phenoxy) is 3. The van der Waals surface area contributed by atoms with Crippen LogP contribution in [0.1, 0.15) is 32.1 Å². The number of hydrogen-bond acceptors (Lipinski definition) is 7. The summed E-state index contributed by atoms with van der Waals surface area (Å²) in [4.78, 5) is 30.4. The molecule has 5 rings (SSSR count). The third kappa shape index (κ3) is 3.64. The van der Waals surface area contributed by atoms with Crippen LogP contribution in [0.25, 0.3) is 22.2 Å². The first-order valence-electron chi connectivity index (χ1n) is 10.7. The SMILES string of the molecule is COC(=O)c1ccc2[nH]c3c(c2c1)CN(C(=O)c1cc(-c2cc(OC)ccc2OC)on1)CC3. The van der Waals surface area contributed by atoms with Gasteiger partial charge < -0.3 is 28.6 Å². The summed E-state index contributed by atoms with van der Waals surface area (Å²) in [5.41, 5.74) is 4.27. The van der Waals surface area contributed by atoms with Gasteiger partial charge in [0, 0.05) is 47.7 Å². The highest BCUT2D eigenvalue weighted by atomic mass is 16.5. The average Bonchev–Trinajstić information content (AvgIpc) is 3.51. The van der Waals surface area contributed by atoms with Gasteiger partial charge in [-0.3, -0.25) is 4.79 Å². The molecule has 34 heavy (non-hydrogen) atoms.